The third kappa shape index (κ3) is 4.51. The van der Waals surface area contributed by atoms with Crippen molar-refractivity contribution in [3.63, 3.8) is 0 Å². The molecule has 1 rings (SSSR count). The maximum Gasteiger partial charge on any atom is 0.122 e. The van der Waals surface area contributed by atoms with Crippen LogP contribution in [0.25, 0.3) is 0 Å². The van der Waals surface area contributed by atoms with Crippen LogP contribution in [0.15, 0.2) is 11.6 Å². The molecule has 0 aromatic heterocycles. The second-order valence-corrected chi connectivity index (χ2v) is 6.87. The van der Waals surface area contributed by atoms with E-state index in [2.05, 4.69) is 6.08 Å². The first kappa shape index (κ1) is 18.6. The van der Waals surface area contributed by atoms with Crippen molar-refractivity contribution in [3.05, 3.63) is 33.9 Å². The summed E-state index contributed by atoms with van der Waals surface area (Å²) >= 11 is 0. The Balaban J connectivity index is 2.86. The molecule has 0 unspecified atom stereocenters. The lowest BCUT2D eigenvalue weighted by Crippen LogP contribution is -2.24. The molecule has 1 atom stereocenters. The van der Waals surface area contributed by atoms with E-state index >= 15 is 0 Å². The minimum absolute atomic E-state index is 0.243. The average molecular weight is 306 g/mol. The predicted molar refractivity (Wildman–Crippen MR) is 91.6 cm³/mol. The van der Waals surface area contributed by atoms with Crippen LogP contribution < -0.4 is 0 Å². The zero-order valence-electron chi connectivity index (χ0n) is 14.7. The number of rotatable bonds is 6. The van der Waals surface area contributed by atoms with Crippen molar-refractivity contribution in [1.82, 2.24) is 0 Å². The predicted octanol–water partition coefficient (Wildman–Crippen LogP) is 4.45. The van der Waals surface area contributed by atoms with Crippen LogP contribution in [0.3, 0.4) is 0 Å². The van der Waals surface area contributed by atoms with Crippen LogP contribution in [-0.4, -0.2) is 20.9 Å². The molecule has 0 radical (unpaired) electrons. The zero-order chi connectivity index (χ0) is 17.1. The smallest absolute Gasteiger partial charge is 0.122 e. The van der Waals surface area contributed by atoms with Crippen LogP contribution in [0.1, 0.15) is 62.3 Å². The lowest BCUT2D eigenvalue weighted by atomic mass is 9.88. The molecule has 0 aliphatic carbocycles. The highest BCUT2D eigenvalue weighted by atomic mass is 16.3. The molecule has 3 heteroatoms. The van der Waals surface area contributed by atoms with Gasteiger partial charge in [0.25, 0.3) is 0 Å². The van der Waals surface area contributed by atoms with E-state index in [4.69, 9.17) is 0 Å². The van der Waals surface area contributed by atoms with Crippen LogP contribution in [0, 0.1) is 20.8 Å². The molecule has 124 valence electrons. The number of allylic oxidation sites excluding steroid dienone is 2. The Morgan fingerprint density at radius 3 is 2.05 bits per heavy atom. The zero-order valence-corrected chi connectivity index (χ0v) is 14.7. The normalized spacial score (nSPS) is 13.8. The van der Waals surface area contributed by atoms with Gasteiger partial charge in [0.1, 0.15) is 11.5 Å². The van der Waals surface area contributed by atoms with Gasteiger partial charge in [0.05, 0.1) is 5.60 Å². The topological polar surface area (TPSA) is 60.7 Å². The van der Waals surface area contributed by atoms with Crippen molar-refractivity contribution in [2.45, 2.75) is 72.8 Å². The molecule has 0 bridgehead atoms. The molecule has 0 amide bonds. The van der Waals surface area contributed by atoms with Crippen molar-refractivity contribution in [3.8, 4) is 11.5 Å². The van der Waals surface area contributed by atoms with Crippen molar-refractivity contribution in [2.24, 2.45) is 0 Å². The maximum atomic E-state index is 10.5. The quantitative estimate of drug-likeness (QED) is 0.537. The molecular weight excluding hydrogens is 276 g/mol. The van der Waals surface area contributed by atoms with Gasteiger partial charge in [0, 0.05) is 5.56 Å². The van der Waals surface area contributed by atoms with Gasteiger partial charge in [-0.15, -0.1) is 0 Å². The molecule has 1 aromatic rings. The highest BCUT2D eigenvalue weighted by molar-refractivity contribution is 5.56. The number of aliphatic hydroxyl groups is 1. The molecule has 0 saturated heterocycles. The van der Waals surface area contributed by atoms with Crippen molar-refractivity contribution < 1.29 is 15.3 Å². The number of hydrogen-bond acceptors (Lipinski definition) is 3. The van der Waals surface area contributed by atoms with E-state index in [1.165, 1.54) is 5.57 Å². The van der Waals surface area contributed by atoms with E-state index in [0.717, 1.165) is 12.0 Å². The van der Waals surface area contributed by atoms with Gasteiger partial charge in [-0.1, -0.05) is 11.6 Å². The van der Waals surface area contributed by atoms with Gasteiger partial charge < -0.3 is 15.3 Å². The Morgan fingerprint density at radius 1 is 0.955 bits per heavy atom. The lowest BCUT2D eigenvalue weighted by molar-refractivity contribution is 0.0431. The first-order valence-corrected chi connectivity index (χ1v) is 7.93. The Morgan fingerprint density at radius 2 is 1.50 bits per heavy atom. The van der Waals surface area contributed by atoms with Gasteiger partial charge >= 0.3 is 0 Å². The van der Waals surface area contributed by atoms with Gasteiger partial charge in [0.2, 0.25) is 0 Å². The van der Waals surface area contributed by atoms with E-state index in [-0.39, 0.29) is 11.5 Å². The fraction of sp³-hybridized carbons (Fsp3) is 0.579. The molecule has 3 nitrogen and oxygen atoms in total. The number of phenolic OH excluding ortho intramolecular Hbond substituents is 2. The standard InChI is InChI=1S/C19H30O3/c1-12(2)8-7-10-19(6,22)11-9-16-15(5)17(20)13(3)14(4)18(16)21/h8,20-22H,7,9-11H2,1-6H3/t19-/m0/s1. The monoisotopic (exact) mass is 306 g/mol. The largest absolute Gasteiger partial charge is 0.507 e. The highest BCUT2D eigenvalue weighted by Gasteiger charge is 2.22. The SMILES string of the molecule is CC(C)=CCC[C@](C)(O)CCc1c(C)c(O)c(C)c(C)c1O. The van der Waals surface area contributed by atoms with E-state index in [1.54, 1.807) is 13.8 Å². The Hall–Kier alpha value is -1.48. The van der Waals surface area contributed by atoms with E-state index < -0.39 is 5.60 Å². The molecular formula is C19H30O3. The van der Waals surface area contributed by atoms with Gasteiger partial charge in [-0.3, -0.25) is 0 Å². The van der Waals surface area contributed by atoms with E-state index in [9.17, 15) is 15.3 Å². The van der Waals surface area contributed by atoms with Crippen molar-refractivity contribution in [2.75, 3.05) is 0 Å². The summed E-state index contributed by atoms with van der Waals surface area (Å²) in [5.41, 5.74) is 3.35. The Kier molecular flexibility index (Phi) is 6.07. The molecule has 0 spiro atoms. The second kappa shape index (κ2) is 7.19. The van der Waals surface area contributed by atoms with Gasteiger partial charge in [0.15, 0.2) is 0 Å². The molecule has 0 aliphatic rings. The molecule has 0 aliphatic heterocycles. The highest BCUT2D eigenvalue weighted by Crippen LogP contribution is 2.37. The molecule has 1 aromatic carbocycles. The Bertz CT molecular complexity index is 536. The Labute approximate surface area is 134 Å². The average Bonchev–Trinajstić information content (AvgIpc) is 2.42. The number of phenols is 2. The van der Waals surface area contributed by atoms with Crippen LogP contribution in [0.4, 0.5) is 0 Å². The summed E-state index contributed by atoms with van der Waals surface area (Å²) < 4.78 is 0. The summed E-state index contributed by atoms with van der Waals surface area (Å²) in [6.45, 7) is 11.4. The van der Waals surface area contributed by atoms with Crippen LogP contribution >= 0.6 is 0 Å². The summed E-state index contributed by atoms with van der Waals surface area (Å²) in [7, 11) is 0. The molecule has 0 heterocycles. The second-order valence-electron chi connectivity index (χ2n) is 6.87. The molecule has 0 fully saturated rings. The van der Waals surface area contributed by atoms with Crippen LogP contribution in [-0.2, 0) is 6.42 Å². The third-order valence-electron chi connectivity index (χ3n) is 4.52. The minimum Gasteiger partial charge on any atom is -0.507 e. The van der Waals surface area contributed by atoms with Crippen LogP contribution in [0.2, 0.25) is 0 Å². The fourth-order valence-corrected chi connectivity index (χ4v) is 2.68. The van der Waals surface area contributed by atoms with E-state index in [0.29, 0.717) is 36.0 Å². The summed E-state index contributed by atoms with van der Waals surface area (Å²) in [6, 6.07) is 0. The molecule has 3 N–H and O–H groups in total. The maximum absolute atomic E-state index is 10.5. The minimum atomic E-state index is -0.779. The summed E-state index contributed by atoms with van der Waals surface area (Å²) in [5.74, 6) is 0.488. The first-order chi connectivity index (χ1) is 10.1. The number of aromatic hydroxyl groups is 2. The molecule has 22 heavy (non-hydrogen) atoms. The molecule has 0 saturated carbocycles. The third-order valence-corrected chi connectivity index (χ3v) is 4.52. The number of benzene rings is 1. The van der Waals surface area contributed by atoms with Gasteiger partial charge in [-0.05, 0) is 83.9 Å². The van der Waals surface area contributed by atoms with Crippen molar-refractivity contribution in [1.29, 1.82) is 0 Å². The van der Waals surface area contributed by atoms with Crippen LogP contribution in [0.5, 0.6) is 11.5 Å². The lowest BCUT2D eigenvalue weighted by Gasteiger charge is -2.24. The summed E-state index contributed by atoms with van der Waals surface area (Å²) in [4.78, 5) is 0. The summed E-state index contributed by atoms with van der Waals surface area (Å²) in [5, 5.41) is 31.0. The van der Waals surface area contributed by atoms with Gasteiger partial charge in [-0.25, -0.2) is 0 Å². The first-order valence-electron chi connectivity index (χ1n) is 7.93. The van der Waals surface area contributed by atoms with Crippen molar-refractivity contribution >= 4 is 0 Å². The number of hydrogen-bond donors (Lipinski definition) is 3. The van der Waals surface area contributed by atoms with E-state index in [1.807, 2.05) is 27.7 Å². The summed E-state index contributed by atoms with van der Waals surface area (Å²) in [6.07, 6.45) is 4.76. The fourth-order valence-electron chi connectivity index (χ4n) is 2.68. The van der Waals surface area contributed by atoms with Gasteiger partial charge in [-0.2, -0.15) is 0 Å².